The van der Waals surface area contributed by atoms with Crippen LogP contribution in [-0.2, 0) is 13.1 Å². The van der Waals surface area contributed by atoms with Gasteiger partial charge in [-0.25, -0.2) is 27.2 Å². The van der Waals surface area contributed by atoms with Gasteiger partial charge in [-0.15, -0.1) is 10.2 Å². The first-order chi connectivity index (χ1) is 31.3. The van der Waals surface area contributed by atoms with E-state index in [4.69, 9.17) is 33.4 Å². The second-order valence-corrected chi connectivity index (χ2v) is 16.9. The highest BCUT2D eigenvalue weighted by Gasteiger charge is 2.34. The van der Waals surface area contributed by atoms with E-state index in [1.54, 1.807) is 9.80 Å². The second-order valence-electron chi connectivity index (χ2n) is 16.1. The van der Waals surface area contributed by atoms with Gasteiger partial charge in [0.15, 0.2) is 5.78 Å². The Bertz CT molecular complexity index is 2550. The van der Waals surface area contributed by atoms with Gasteiger partial charge in [0.1, 0.15) is 23.3 Å². The molecule has 1 aromatic heterocycles. The number of halogens is 8. The number of Topliss-reactive ketones (excluding diaryl/α,β-unsaturated/α-hetero) is 1. The number of benzene rings is 4. The van der Waals surface area contributed by atoms with Crippen LogP contribution in [0.2, 0.25) is 10.0 Å². The number of alkyl halides is 2. The summed E-state index contributed by atoms with van der Waals surface area (Å²) >= 11 is 12.5. The van der Waals surface area contributed by atoms with E-state index in [2.05, 4.69) is 15.1 Å². The molecule has 7 rings (SSSR count). The third-order valence-corrected chi connectivity index (χ3v) is 11.9. The van der Waals surface area contributed by atoms with Crippen molar-refractivity contribution < 1.29 is 45.1 Å². The summed E-state index contributed by atoms with van der Waals surface area (Å²) < 4.78 is 87.4. The number of hydrogen-bond acceptors (Lipinski definition) is 9. The SMILES string of the molecule is CN(C)[C@@H]1CCN(C(=O)N(Cc2ccc(-c3nnc(C(F)F)o3)cc2F)c2ccc(F)cc2Cl)C1.CN(C)[C@@H]1CCN(C(=O)N(Cc2ccc(C(=O)CN)cc2F)c2ccc(F)cc2Cl)C1. The van der Waals surface area contributed by atoms with E-state index >= 15 is 4.39 Å². The maximum atomic E-state index is 15.1. The summed E-state index contributed by atoms with van der Waals surface area (Å²) in [7, 11) is 7.76. The molecule has 2 N–H and O–H groups in total. The summed E-state index contributed by atoms with van der Waals surface area (Å²) in [5.41, 5.74) is 6.45. The van der Waals surface area contributed by atoms with Crippen molar-refractivity contribution in [1.82, 2.24) is 29.8 Å². The number of aromatic nitrogens is 2. The van der Waals surface area contributed by atoms with Crippen LogP contribution in [0.15, 0.2) is 77.2 Å². The van der Waals surface area contributed by atoms with E-state index in [1.165, 1.54) is 58.3 Å². The van der Waals surface area contributed by atoms with Crippen LogP contribution in [0.4, 0.5) is 47.3 Å². The van der Waals surface area contributed by atoms with E-state index in [0.29, 0.717) is 26.2 Å². The summed E-state index contributed by atoms with van der Waals surface area (Å²) in [6.07, 6.45) is -1.36. The molecule has 352 valence electrons. The van der Waals surface area contributed by atoms with Gasteiger partial charge in [-0.1, -0.05) is 41.4 Å². The second kappa shape index (κ2) is 21.7. The Balaban J connectivity index is 0.000000220. The van der Waals surface area contributed by atoms with Gasteiger partial charge in [0.2, 0.25) is 5.89 Å². The van der Waals surface area contributed by atoms with E-state index in [-0.39, 0.29) is 93.1 Å². The molecule has 2 saturated heterocycles. The first kappa shape index (κ1) is 49.7. The van der Waals surface area contributed by atoms with Crippen LogP contribution in [-0.4, -0.2) is 121 Å². The van der Waals surface area contributed by atoms with Crippen molar-refractivity contribution in [1.29, 1.82) is 0 Å². The Morgan fingerprint density at radius 2 is 1.20 bits per heavy atom. The highest BCUT2D eigenvalue weighted by Crippen LogP contribution is 2.33. The van der Waals surface area contributed by atoms with Gasteiger partial charge in [-0.3, -0.25) is 14.6 Å². The number of rotatable bonds is 12. The fourth-order valence-electron chi connectivity index (χ4n) is 7.48. The first-order valence-corrected chi connectivity index (χ1v) is 21.4. The quantitative estimate of drug-likeness (QED) is 0.0961. The molecule has 0 radical (unpaired) electrons. The zero-order valence-corrected chi connectivity index (χ0v) is 37.8. The number of urea groups is 2. The molecule has 0 bridgehead atoms. The van der Waals surface area contributed by atoms with Gasteiger partial charge in [0, 0.05) is 60.5 Å². The van der Waals surface area contributed by atoms with Crippen LogP contribution in [0.5, 0.6) is 0 Å². The van der Waals surface area contributed by atoms with E-state index in [0.717, 1.165) is 37.1 Å². The summed E-state index contributed by atoms with van der Waals surface area (Å²) in [4.78, 5) is 48.6. The van der Waals surface area contributed by atoms with Crippen molar-refractivity contribution >= 4 is 52.4 Å². The molecule has 13 nitrogen and oxygen atoms in total. The average molecular weight is 963 g/mol. The van der Waals surface area contributed by atoms with Crippen molar-refractivity contribution in [3.63, 3.8) is 0 Å². The van der Waals surface area contributed by atoms with Gasteiger partial charge in [0.25, 0.3) is 5.89 Å². The molecule has 3 heterocycles. The molecule has 5 aromatic rings. The smallest absolute Gasteiger partial charge is 0.324 e. The molecule has 2 aliphatic heterocycles. The lowest BCUT2D eigenvalue weighted by molar-refractivity contribution is 0.100. The van der Waals surface area contributed by atoms with Crippen LogP contribution in [0.25, 0.3) is 11.5 Å². The Morgan fingerprint density at radius 3 is 1.59 bits per heavy atom. The maximum absolute atomic E-state index is 15.1. The number of nitrogens with two attached hydrogens (primary N) is 1. The van der Waals surface area contributed by atoms with Crippen LogP contribution < -0.4 is 15.5 Å². The number of ketones is 1. The topological polar surface area (TPSA) is 136 Å². The molecule has 0 aliphatic carbocycles. The van der Waals surface area contributed by atoms with Crippen molar-refractivity contribution in [2.45, 2.75) is 44.4 Å². The summed E-state index contributed by atoms with van der Waals surface area (Å²) in [5.74, 6) is -3.97. The normalized spacial score (nSPS) is 16.0. The lowest BCUT2D eigenvalue weighted by Crippen LogP contribution is -2.43. The Labute approximate surface area is 387 Å². The highest BCUT2D eigenvalue weighted by atomic mass is 35.5. The molecule has 2 fully saturated rings. The third-order valence-electron chi connectivity index (χ3n) is 11.3. The minimum absolute atomic E-state index is 0.00382. The highest BCUT2D eigenvalue weighted by molar-refractivity contribution is 6.34. The Hall–Kier alpha value is -5.73. The van der Waals surface area contributed by atoms with Crippen LogP contribution in [0.1, 0.15) is 46.6 Å². The zero-order chi connectivity index (χ0) is 48.0. The van der Waals surface area contributed by atoms with Gasteiger partial charge in [-0.05, 0) is 95.6 Å². The molecule has 0 saturated carbocycles. The van der Waals surface area contributed by atoms with Crippen molar-refractivity contribution in [2.24, 2.45) is 5.73 Å². The van der Waals surface area contributed by atoms with Gasteiger partial charge in [0.05, 0.1) is 41.1 Å². The minimum atomic E-state index is -2.95. The number of hydrogen-bond donors (Lipinski definition) is 1. The number of nitrogens with zero attached hydrogens (tertiary/aromatic N) is 8. The van der Waals surface area contributed by atoms with Gasteiger partial charge in [-0.2, -0.15) is 8.78 Å². The molecule has 2 atom stereocenters. The summed E-state index contributed by atoms with van der Waals surface area (Å²) in [5, 5.41) is 6.81. The van der Waals surface area contributed by atoms with Crippen LogP contribution in [0.3, 0.4) is 0 Å². The van der Waals surface area contributed by atoms with Gasteiger partial charge >= 0.3 is 18.5 Å². The first-order valence-electron chi connectivity index (χ1n) is 20.6. The van der Waals surface area contributed by atoms with Crippen molar-refractivity contribution in [2.75, 3.05) is 70.7 Å². The van der Waals surface area contributed by atoms with E-state index < -0.39 is 41.6 Å². The number of anilines is 2. The maximum Gasteiger partial charge on any atom is 0.324 e. The lowest BCUT2D eigenvalue weighted by atomic mass is 10.1. The molecule has 21 heteroatoms. The number of likely N-dealkylation sites (tertiary alicyclic amines) is 2. The summed E-state index contributed by atoms with van der Waals surface area (Å²) in [6.45, 7) is 1.49. The van der Waals surface area contributed by atoms with E-state index in [9.17, 15) is 36.3 Å². The molecule has 0 unspecified atom stereocenters. The average Bonchev–Trinajstić information content (AvgIpc) is 4.08. The predicted octanol–water partition coefficient (Wildman–Crippen LogP) is 8.89. The molecule has 4 amide bonds. The van der Waals surface area contributed by atoms with Gasteiger partial charge < -0.3 is 29.8 Å². The zero-order valence-electron chi connectivity index (χ0n) is 36.3. The van der Waals surface area contributed by atoms with E-state index in [1.807, 2.05) is 33.1 Å². The standard InChI is InChI=1S/C23H22ClF4N5O2.C22H25ClF2N4O2/c1-31(2)16-7-8-32(12-16)23(34)33(19-6-5-15(25)10-17(19)24)11-14-4-3-13(9-18(14)26)21-29-30-22(35-21)20(27)28;1-27(2)17-7-8-28(13-17)22(31)29(20-6-5-16(24)10-18(20)23)12-15-4-3-14(9-19(15)25)21(30)11-26/h3-6,9-10,16,20H,7-8,11-12H2,1-2H3;3-6,9-10,17H,7-8,11-13,26H2,1-2H3/t16-;17-/m11/s1. The monoisotopic (exact) mass is 961 g/mol. The molecule has 4 aromatic carbocycles. The molecule has 66 heavy (non-hydrogen) atoms. The fourth-order valence-corrected chi connectivity index (χ4v) is 8.02. The molecular formula is C45H47Cl2F6N9O4. The minimum Gasteiger partial charge on any atom is -0.415 e. The van der Waals surface area contributed by atoms with Crippen molar-refractivity contribution in [3.8, 4) is 11.5 Å². The molecule has 2 aliphatic rings. The Kier molecular flexibility index (Phi) is 16.4. The fraction of sp³-hybridized carbons (Fsp3) is 0.356. The third kappa shape index (κ3) is 11.8. The number of carbonyl (C=O) groups excluding carboxylic acids is 3. The van der Waals surface area contributed by atoms with Crippen LogP contribution in [0, 0.1) is 23.3 Å². The molecule has 0 spiro atoms. The largest absolute Gasteiger partial charge is 0.415 e. The summed E-state index contributed by atoms with van der Waals surface area (Å²) in [6, 6.07) is 14.9. The lowest BCUT2D eigenvalue weighted by Gasteiger charge is -2.29. The van der Waals surface area contributed by atoms with Crippen molar-refractivity contribution in [3.05, 3.63) is 129 Å². The molecular weight excluding hydrogens is 915 g/mol. The number of amides is 4. The number of carbonyl (C=O) groups is 3. The Morgan fingerprint density at radius 1 is 0.712 bits per heavy atom. The van der Waals surface area contributed by atoms with Crippen LogP contribution >= 0.6 is 23.2 Å². The number of likely N-dealkylation sites (N-methyl/N-ethyl adjacent to an activating group) is 2. The predicted molar refractivity (Wildman–Crippen MR) is 238 cm³/mol.